The summed E-state index contributed by atoms with van der Waals surface area (Å²) in [7, 11) is -3.40. The van der Waals surface area contributed by atoms with E-state index in [0.29, 0.717) is 30.4 Å². The van der Waals surface area contributed by atoms with E-state index in [4.69, 9.17) is 0 Å². The van der Waals surface area contributed by atoms with Crippen LogP contribution in [-0.4, -0.2) is 51.0 Å². The van der Waals surface area contributed by atoms with E-state index in [1.165, 1.54) is 0 Å². The van der Waals surface area contributed by atoms with Gasteiger partial charge in [-0.25, -0.2) is 8.42 Å². The highest BCUT2D eigenvalue weighted by molar-refractivity contribution is 7.91. The molecule has 0 amide bonds. The highest BCUT2D eigenvalue weighted by atomic mass is 32.2. The van der Waals surface area contributed by atoms with Gasteiger partial charge in [-0.3, -0.25) is 4.99 Å². The van der Waals surface area contributed by atoms with Gasteiger partial charge in [0.15, 0.2) is 15.8 Å². The fourth-order valence-electron chi connectivity index (χ4n) is 2.96. The Hall–Kier alpha value is -2.38. The van der Waals surface area contributed by atoms with E-state index in [-0.39, 0.29) is 24.3 Å². The summed E-state index contributed by atoms with van der Waals surface area (Å²) in [4.78, 5) is 4.92. The third-order valence-corrected chi connectivity index (χ3v) is 6.49. The zero-order valence-corrected chi connectivity index (χ0v) is 17.9. The fourth-order valence-corrected chi connectivity index (χ4v) is 4.57. The van der Waals surface area contributed by atoms with Gasteiger partial charge < -0.3 is 15.7 Å². The first-order chi connectivity index (χ1) is 14.0. The van der Waals surface area contributed by atoms with Gasteiger partial charge in [0, 0.05) is 18.5 Å². The zero-order chi connectivity index (χ0) is 21.1. The highest BCUT2D eigenvalue weighted by Gasteiger charge is 2.21. The van der Waals surface area contributed by atoms with E-state index in [2.05, 4.69) is 15.6 Å². The van der Waals surface area contributed by atoms with Crippen molar-refractivity contribution in [1.29, 1.82) is 0 Å². The SMILES string of the molecule is CCNC(=NCC(CO)c1ccccc1)NC(CC)CS(=O)(=O)c1ccccc1. The molecule has 0 bridgehead atoms. The first kappa shape index (κ1) is 22.9. The van der Waals surface area contributed by atoms with E-state index in [1.807, 2.05) is 44.2 Å². The summed E-state index contributed by atoms with van der Waals surface area (Å²) in [5.41, 5.74) is 1.02. The molecular formula is C22H31N3O3S. The van der Waals surface area contributed by atoms with Gasteiger partial charge in [0.05, 0.1) is 23.8 Å². The van der Waals surface area contributed by atoms with Crippen molar-refractivity contribution in [2.75, 3.05) is 25.4 Å². The fraction of sp³-hybridized carbons (Fsp3) is 0.409. The molecule has 3 N–H and O–H groups in total. The summed E-state index contributed by atoms with van der Waals surface area (Å²) in [5, 5.41) is 16.1. The normalized spacial score (nSPS) is 14.2. The third-order valence-electron chi connectivity index (χ3n) is 4.66. The van der Waals surface area contributed by atoms with Crippen LogP contribution in [0.15, 0.2) is 70.6 Å². The number of benzene rings is 2. The van der Waals surface area contributed by atoms with Crippen molar-refractivity contribution >= 4 is 15.8 Å². The van der Waals surface area contributed by atoms with Gasteiger partial charge in [0.1, 0.15) is 0 Å². The lowest BCUT2D eigenvalue weighted by atomic mass is 10.0. The monoisotopic (exact) mass is 417 g/mol. The van der Waals surface area contributed by atoms with Crippen LogP contribution in [0.3, 0.4) is 0 Å². The Morgan fingerprint density at radius 2 is 1.66 bits per heavy atom. The van der Waals surface area contributed by atoms with E-state index in [0.717, 1.165) is 5.56 Å². The Kier molecular flexibility index (Phi) is 9.15. The molecule has 0 fully saturated rings. The average molecular weight is 418 g/mol. The van der Waals surface area contributed by atoms with Crippen LogP contribution < -0.4 is 10.6 Å². The highest BCUT2D eigenvalue weighted by Crippen LogP contribution is 2.15. The van der Waals surface area contributed by atoms with Gasteiger partial charge in [-0.1, -0.05) is 55.5 Å². The summed E-state index contributed by atoms with van der Waals surface area (Å²) < 4.78 is 25.4. The van der Waals surface area contributed by atoms with Crippen molar-refractivity contribution in [3.8, 4) is 0 Å². The van der Waals surface area contributed by atoms with Crippen LogP contribution in [0.5, 0.6) is 0 Å². The summed E-state index contributed by atoms with van der Waals surface area (Å²) in [6, 6.07) is 18.0. The minimum absolute atomic E-state index is 0.00743. The zero-order valence-electron chi connectivity index (χ0n) is 17.1. The topological polar surface area (TPSA) is 90.8 Å². The molecule has 2 rings (SSSR count). The van der Waals surface area contributed by atoms with Gasteiger partial charge in [-0.05, 0) is 31.0 Å². The number of sulfone groups is 1. The number of hydrogen-bond acceptors (Lipinski definition) is 4. The van der Waals surface area contributed by atoms with E-state index >= 15 is 0 Å². The standard InChI is InChI=1S/C22H31N3O3S/c1-3-20(17-29(27,28)21-13-9-6-10-14-21)25-22(23-4-2)24-15-19(16-26)18-11-7-5-8-12-18/h5-14,19-20,26H,3-4,15-17H2,1-2H3,(H2,23,24,25). The first-order valence-electron chi connectivity index (χ1n) is 9.98. The second-order valence-electron chi connectivity index (χ2n) is 6.85. The van der Waals surface area contributed by atoms with Gasteiger partial charge in [0.25, 0.3) is 0 Å². The predicted molar refractivity (Wildman–Crippen MR) is 118 cm³/mol. The van der Waals surface area contributed by atoms with E-state index < -0.39 is 9.84 Å². The van der Waals surface area contributed by atoms with Crippen LogP contribution in [0.1, 0.15) is 31.7 Å². The van der Waals surface area contributed by atoms with Gasteiger partial charge in [-0.15, -0.1) is 0 Å². The van der Waals surface area contributed by atoms with Crippen molar-refractivity contribution in [2.45, 2.75) is 37.1 Å². The van der Waals surface area contributed by atoms with Crippen LogP contribution >= 0.6 is 0 Å². The van der Waals surface area contributed by atoms with Crippen LogP contribution in [-0.2, 0) is 9.84 Å². The number of nitrogens with zero attached hydrogens (tertiary/aromatic N) is 1. The van der Waals surface area contributed by atoms with Crippen molar-refractivity contribution in [1.82, 2.24) is 10.6 Å². The van der Waals surface area contributed by atoms with Crippen molar-refractivity contribution < 1.29 is 13.5 Å². The molecule has 0 aliphatic rings. The molecule has 2 aromatic carbocycles. The quantitative estimate of drug-likeness (QED) is 0.408. The first-order valence-corrected chi connectivity index (χ1v) is 11.6. The Bertz CT molecular complexity index is 855. The lowest BCUT2D eigenvalue weighted by Crippen LogP contribution is -2.46. The molecule has 7 heteroatoms. The molecule has 2 aromatic rings. The molecule has 158 valence electrons. The van der Waals surface area contributed by atoms with Crippen molar-refractivity contribution in [3.63, 3.8) is 0 Å². The van der Waals surface area contributed by atoms with Crippen LogP contribution in [0.4, 0.5) is 0 Å². The summed E-state index contributed by atoms with van der Waals surface area (Å²) >= 11 is 0. The average Bonchev–Trinajstić information content (AvgIpc) is 2.75. The number of nitrogens with one attached hydrogen (secondary N) is 2. The van der Waals surface area contributed by atoms with Crippen molar-refractivity contribution in [2.24, 2.45) is 4.99 Å². The molecule has 0 radical (unpaired) electrons. The summed E-state index contributed by atoms with van der Waals surface area (Å²) in [6.45, 7) is 4.95. The minimum atomic E-state index is -3.40. The number of aliphatic hydroxyl groups is 1. The molecular weight excluding hydrogens is 386 g/mol. The molecule has 0 aromatic heterocycles. The molecule has 0 spiro atoms. The largest absolute Gasteiger partial charge is 0.396 e. The number of rotatable bonds is 10. The molecule has 2 unspecified atom stereocenters. The van der Waals surface area contributed by atoms with Crippen LogP contribution in [0.2, 0.25) is 0 Å². The lowest BCUT2D eigenvalue weighted by Gasteiger charge is -2.21. The molecule has 0 heterocycles. The van der Waals surface area contributed by atoms with Gasteiger partial charge in [0.2, 0.25) is 0 Å². The predicted octanol–water partition coefficient (Wildman–Crippen LogP) is 2.57. The van der Waals surface area contributed by atoms with Crippen molar-refractivity contribution in [3.05, 3.63) is 66.2 Å². The summed E-state index contributed by atoms with van der Waals surface area (Å²) in [6.07, 6.45) is 0.637. The maximum absolute atomic E-state index is 12.7. The lowest BCUT2D eigenvalue weighted by molar-refractivity contribution is 0.268. The maximum Gasteiger partial charge on any atom is 0.191 e. The second-order valence-corrected chi connectivity index (χ2v) is 8.89. The van der Waals surface area contributed by atoms with E-state index in [1.54, 1.807) is 30.3 Å². The van der Waals surface area contributed by atoms with Gasteiger partial charge >= 0.3 is 0 Å². The number of hydrogen-bond donors (Lipinski definition) is 3. The Morgan fingerprint density at radius 1 is 1.03 bits per heavy atom. The van der Waals surface area contributed by atoms with Crippen LogP contribution in [0.25, 0.3) is 0 Å². The molecule has 29 heavy (non-hydrogen) atoms. The molecule has 0 saturated heterocycles. The summed E-state index contributed by atoms with van der Waals surface area (Å²) in [5.74, 6) is 0.428. The number of aliphatic imine (C=N–C) groups is 1. The molecule has 0 saturated carbocycles. The smallest absolute Gasteiger partial charge is 0.191 e. The molecule has 0 aliphatic heterocycles. The second kappa shape index (κ2) is 11.6. The third kappa shape index (κ3) is 7.18. The van der Waals surface area contributed by atoms with Gasteiger partial charge in [-0.2, -0.15) is 0 Å². The minimum Gasteiger partial charge on any atom is -0.396 e. The molecule has 0 aliphatic carbocycles. The van der Waals surface area contributed by atoms with E-state index in [9.17, 15) is 13.5 Å². The Balaban J connectivity index is 2.09. The molecule has 2 atom stereocenters. The van der Waals surface area contributed by atoms with Crippen LogP contribution in [0, 0.1) is 0 Å². The number of guanidine groups is 1. The molecule has 6 nitrogen and oxygen atoms in total. The Morgan fingerprint density at radius 3 is 2.21 bits per heavy atom. The maximum atomic E-state index is 12.7. The number of aliphatic hydroxyl groups excluding tert-OH is 1. The Labute approximate surface area is 174 Å².